The van der Waals surface area contributed by atoms with Gasteiger partial charge in [-0.15, -0.1) is 0 Å². The lowest BCUT2D eigenvalue weighted by atomic mass is 9.99. The summed E-state index contributed by atoms with van der Waals surface area (Å²) in [4.78, 5) is 33.1. The van der Waals surface area contributed by atoms with E-state index >= 15 is 0 Å². The minimum Gasteiger partial charge on any atom is -0.352 e. The number of nitrogens with zero attached hydrogens (tertiary/aromatic N) is 2. The van der Waals surface area contributed by atoms with E-state index in [0.29, 0.717) is 17.2 Å². The zero-order valence-corrected chi connectivity index (χ0v) is 19.5. The second-order valence-corrected chi connectivity index (χ2v) is 8.98. The maximum Gasteiger partial charge on any atom is 0.493 e. The lowest BCUT2D eigenvalue weighted by molar-refractivity contribution is -0.199. The van der Waals surface area contributed by atoms with Gasteiger partial charge in [0.1, 0.15) is 0 Å². The van der Waals surface area contributed by atoms with E-state index < -0.39 is 18.1 Å². The van der Waals surface area contributed by atoms with E-state index in [1.165, 1.54) is 17.8 Å². The second-order valence-electron chi connectivity index (χ2n) is 8.98. The number of fused-ring (bicyclic) bond motifs is 1. The summed E-state index contributed by atoms with van der Waals surface area (Å²) < 4.78 is 39.7. The van der Waals surface area contributed by atoms with Gasteiger partial charge in [0.2, 0.25) is 0 Å². The van der Waals surface area contributed by atoms with Crippen LogP contribution in [0, 0.1) is 5.92 Å². The Labute approximate surface area is 201 Å². The maximum absolute atomic E-state index is 13.0. The Morgan fingerprint density at radius 3 is 2.71 bits per heavy atom. The van der Waals surface area contributed by atoms with E-state index in [1.807, 2.05) is 18.2 Å². The van der Waals surface area contributed by atoms with Gasteiger partial charge in [-0.1, -0.05) is 38.5 Å². The van der Waals surface area contributed by atoms with Gasteiger partial charge in [0.05, 0.1) is 22.6 Å². The molecule has 1 N–H and O–H groups in total. The molecule has 1 aromatic carbocycles. The summed E-state index contributed by atoms with van der Waals surface area (Å²) in [7, 11) is 0. The summed E-state index contributed by atoms with van der Waals surface area (Å²) in [6, 6.07) is 12.7. The molecule has 4 rings (SSSR count). The molecule has 1 aliphatic rings. The van der Waals surface area contributed by atoms with Gasteiger partial charge in [-0.3, -0.25) is 9.78 Å². The Balaban J connectivity index is 1.70. The van der Waals surface area contributed by atoms with Gasteiger partial charge in [0.15, 0.2) is 0 Å². The fraction of sp³-hybridized carbons (Fsp3) is 0.346. The van der Waals surface area contributed by atoms with Gasteiger partial charge in [-0.05, 0) is 48.6 Å². The van der Waals surface area contributed by atoms with E-state index in [-0.39, 0.29) is 29.9 Å². The van der Waals surface area contributed by atoms with Crippen molar-refractivity contribution in [2.75, 3.05) is 6.54 Å². The predicted octanol–water partition coefficient (Wildman–Crippen LogP) is 5.00. The number of pyridine rings is 1. The molecular formula is C26H26F3N3O3. The molecule has 35 heavy (non-hydrogen) atoms. The first kappa shape index (κ1) is 24.5. The number of nitrogens with one attached hydrogen (secondary N) is 1. The molecule has 0 radical (unpaired) electrons. The molecule has 3 heterocycles. The quantitative estimate of drug-likeness (QED) is 0.511. The largest absolute Gasteiger partial charge is 0.493 e. The van der Waals surface area contributed by atoms with E-state index in [1.54, 1.807) is 12.1 Å². The zero-order valence-electron chi connectivity index (χ0n) is 19.5. The first-order chi connectivity index (χ1) is 16.6. The Bertz CT molecular complexity index is 1250. The molecule has 0 fully saturated rings. The Morgan fingerprint density at radius 2 is 1.97 bits per heavy atom. The molecule has 0 spiro atoms. The average Bonchev–Trinajstić information content (AvgIpc) is 3.18. The number of carbonyl (C=O) groups excluding carboxylic acids is 2. The van der Waals surface area contributed by atoms with E-state index in [0.717, 1.165) is 29.6 Å². The summed E-state index contributed by atoms with van der Waals surface area (Å²) in [5, 5.41) is 2.65. The van der Waals surface area contributed by atoms with Crippen LogP contribution in [0.2, 0.25) is 0 Å². The van der Waals surface area contributed by atoms with Crippen LogP contribution in [0.15, 0.2) is 48.7 Å². The van der Waals surface area contributed by atoms with Crippen molar-refractivity contribution in [1.29, 1.82) is 0 Å². The topological polar surface area (TPSA) is 73.2 Å². The zero-order chi connectivity index (χ0) is 25.2. The predicted molar refractivity (Wildman–Crippen MR) is 125 cm³/mol. The van der Waals surface area contributed by atoms with Crippen LogP contribution < -0.4 is 10.2 Å². The highest BCUT2D eigenvalue weighted by atomic mass is 19.4. The molecule has 9 heteroatoms. The van der Waals surface area contributed by atoms with Gasteiger partial charge in [-0.25, -0.2) is 4.79 Å². The van der Waals surface area contributed by atoms with Crippen molar-refractivity contribution >= 4 is 11.9 Å². The number of aryl methyl sites for hydroxylation is 1. The fourth-order valence-corrected chi connectivity index (χ4v) is 4.14. The molecule has 0 unspecified atom stereocenters. The molecule has 2 aromatic heterocycles. The Morgan fingerprint density at radius 1 is 1.17 bits per heavy atom. The van der Waals surface area contributed by atoms with Gasteiger partial charge in [-0.2, -0.15) is 17.9 Å². The van der Waals surface area contributed by atoms with Crippen LogP contribution in [0.1, 0.15) is 48.3 Å². The number of hydrogen-bond donors (Lipinski definition) is 1. The van der Waals surface area contributed by atoms with Crippen molar-refractivity contribution in [2.45, 2.75) is 45.7 Å². The van der Waals surface area contributed by atoms with Crippen LogP contribution in [-0.2, 0) is 17.6 Å². The highest BCUT2D eigenvalue weighted by molar-refractivity contribution is 5.98. The number of carbonyl (C=O) groups is 2. The van der Waals surface area contributed by atoms with Crippen LogP contribution in [0.4, 0.5) is 13.2 Å². The third kappa shape index (κ3) is 5.55. The Hall–Kier alpha value is -3.62. The third-order valence-corrected chi connectivity index (χ3v) is 5.88. The van der Waals surface area contributed by atoms with Crippen LogP contribution in [0.25, 0.3) is 22.5 Å². The highest BCUT2D eigenvalue weighted by Gasteiger charge is 2.43. The number of amides is 1. The highest BCUT2D eigenvalue weighted by Crippen LogP contribution is 2.31. The van der Waals surface area contributed by atoms with Crippen molar-refractivity contribution in [1.82, 2.24) is 15.0 Å². The fourth-order valence-electron chi connectivity index (χ4n) is 4.14. The van der Waals surface area contributed by atoms with Crippen molar-refractivity contribution in [3.8, 4) is 22.5 Å². The smallest absolute Gasteiger partial charge is 0.352 e. The minimum atomic E-state index is -5.18. The van der Waals surface area contributed by atoms with Crippen molar-refractivity contribution in [3.63, 3.8) is 0 Å². The van der Waals surface area contributed by atoms with Crippen LogP contribution in [-0.4, -0.2) is 34.3 Å². The molecule has 3 aromatic rings. The summed E-state index contributed by atoms with van der Waals surface area (Å²) in [6.45, 7) is 4.61. The Kier molecular flexibility index (Phi) is 6.95. The van der Waals surface area contributed by atoms with E-state index in [2.05, 4.69) is 30.2 Å². The number of rotatable bonds is 7. The molecule has 0 saturated carbocycles. The number of hydrogen-bond acceptors (Lipinski definition) is 4. The first-order valence-electron chi connectivity index (χ1n) is 11.5. The van der Waals surface area contributed by atoms with Crippen LogP contribution >= 0.6 is 0 Å². The minimum absolute atomic E-state index is 0.168. The third-order valence-electron chi connectivity index (χ3n) is 5.88. The number of benzene rings is 1. The summed E-state index contributed by atoms with van der Waals surface area (Å²) in [6.07, 6.45) is -0.278. The van der Waals surface area contributed by atoms with Crippen LogP contribution in [0.5, 0.6) is 0 Å². The molecule has 184 valence electrons. The second kappa shape index (κ2) is 9.93. The molecule has 1 amide bonds. The van der Waals surface area contributed by atoms with Crippen molar-refractivity contribution in [3.05, 3.63) is 65.5 Å². The van der Waals surface area contributed by atoms with Crippen molar-refractivity contribution in [2.24, 2.45) is 5.92 Å². The van der Waals surface area contributed by atoms with Gasteiger partial charge in [0.25, 0.3) is 5.91 Å². The summed E-state index contributed by atoms with van der Waals surface area (Å²) in [5.41, 5.74) is 3.68. The average molecular weight is 486 g/mol. The molecule has 1 aliphatic heterocycles. The summed E-state index contributed by atoms with van der Waals surface area (Å²) in [5.74, 6) is -2.16. The van der Waals surface area contributed by atoms with Crippen LogP contribution in [0.3, 0.4) is 0 Å². The molecular weight excluding hydrogens is 459 g/mol. The van der Waals surface area contributed by atoms with E-state index in [4.69, 9.17) is 4.84 Å². The van der Waals surface area contributed by atoms with Gasteiger partial charge in [0, 0.05) is 30.3 Å². The standard InChI is InChI=1S/C26H26F3N3O3/c1-16(2)5-3-6-17-7-4-8-18(13-17)21-14-19(9-11-30-21)23-15-20-22(10-12-31-24(20)33)32(23)35-25(34)26(27,28)29/h4,7-9,11,13-16H,3,5-6,10,12H2,1-2H3,(H,31,33). The molecule has 0 atom stereocenters. The molecule has 0 saturated heterocycles. The SMILES string of the molecule is CC(C)CCCc1cccc(-c2cc(-c3cc4c(n3OC(=O)C(F)(F)F)CCNC4=O)ccn2)c1. The first-order valence-corrected chi connectivity index (χ1v) is 11.5. The van der Waals surface area contributed by atoms with Gasteiger partial charge >= 0.3 is 12.1 Å². The lowest BCUT2D eigenvalue weighted by Gasteiger charge is -2.17. The van der Waals surface area contributed by atoms with E-state index in [9.17, 15) is 22.8 Å². The molecule has 6 nitrogen and oxygen atoms in total. The number of alkyl halides is 3. The number of halogens is 3. The maximum atomic E-state index is 13.0. The summed E-state index contributed by atoms with van der Waals surface area (Å²) >= 11 is 0. The lowest BCUT2D eigenvalue weighted by Crippen LogP contribution is -2.37. The van der Waals surface area contributed by atoms with Crippen molar-refractivity contribution < 1.29 is 27.6 Å². The normalized spacial score (nSPS) is 13.5. The molecule has 0 bridgehead atoms. The molecule has 0 aliphatic carbocycles. The monoisotopic (exact) mass is 485 g/mol. The van der Waals surface area contributed by atoms with Gasteiger partial charge < -0.3 is 10.2 Å². The number of aromatic nitrogens is 2.